The molecule has 31 heavy (non-hydrogen) atoms. The van der Waals surface area contributed by atoms with Crippen LogP contribution >= 0.6 is 0 Å². The van der Waals surface area contributed by atoms with Gasteiger partial charge in [0.2, 0.25) is 0 Å². The summed E-state index contributed by atoms with van der Waals surface area (Å²) >= 11 is 0. The molecule has 4 rings (SSSR count). The quantitative estimate of drug-likeness (QED) is 0.668. The Bertz CT molecular complexity index is 1140. The summed E-state index contributed by atoms with van der Waals surface area (Å²) < 4.78 is 23.7. The maximum atomic E-state index is 13.2. The van der Waals surface area contributed by atoms with E-state index in [4.69, 9.17) is 9.47 Å². The highest BCUT2D eigenvalue weighted by Gasteiger charge is 2.26. The van der Waals surface area contributed by atoms with Crippen LogP contribution in [0.3, 0.4) is 0 Å². The topological polar surface area (TPSA) is 67.9 Å². The molecule has 7 heteroatoms. The third-order valence-corrected chi connectivity index (χ3v) is 5.22. The number of carbonyl (C=O) groups is 2. The van der Waals surface area contributed by atoms with E-state index in [1.54, 1.807) is 42.3 Å². The number of anilines is 2. The van der Waals surface area contributed by atoms with Crippen LogP contribution in [-0.2, 0) is 6.42 Å². The van der Waals surface area contributed by atoms with Crippen molar-refractivity contribution < 1.29 is 23.5 Å². The summed E-state index contributed by atoms with van der Waals surface area (Å²) in [6.07, 6.45) is 0.694. The lowest BCUT2D eigenvalue weighted by Crippen LogP contribution is -2.29. The summed E-state index contributed by atoms with van der Waals surface area (Å²) in [5.74, 6) is 0.137. The molecule has 0 radical (unpaired) electrons. The molecular formula is C24H21FN2O4. The monoisotopic (exact) mass is 420 g/mol. The van der Waals surface area contributed by atoms with E-state index in [-0.39, 0.29) is 11.8 Å². The summed E-state index contributed by atoms with van der Waals surface area (Å²) in [7, 11) is 3.07. The molecule has 6 nitrogen and oxygen atoms in total. The van der Waals surface area contributed by atoms with E-state index in [0.29, 0.717) is 47.0 Å². The highest BCUT2D eigenvalue weighted by molar-refractivity contribution is 6.09. The van der Waals surface area contributed by atoms with Gasteiger partial charge in [0, 0.05) is 35.1 Å². The molecule has 0 saturated carbocycles. The Labute approximate surface area is 179 Å². The lowest BCUT2D eigenvalue weighted by atomic mass is 10.1. The zero-order valence-corrected chi connectivity index (χ0v) is 17.1. The second kappa shape index (κ2) is 8.47. The molecule has 0 aromatic heterocycles. The number of carbonyl (C=O) groups excluding carboxylic acids is 2. The summed E-state index contributed by atoms with van der Waals surface area (Å²) in [6, 6.07) is 15.9. The second-order valence-corrected chi connectivity index (χ2v) is 7.08. The Hall–Kier alpha value is -3.87. The van der Waals surface area contributed by atoms with Crippen LogP contribution in [0.25, 0.3) is 0 Å². The first kappa shape index (κ1) is 20.4. The third-order valence-electron chi connectivity index (χ3n) is 5.22. The second-order valence-electron chi connectivity index (χ2n) is 7.08. The molecule has 0 fully saturated rings. The van der Waals surface area contributed by atoms with E-state index in [1.165, 1.54) is 31.4 Å². The molecule has 0 unspecified atom stereocenters. The number of rotatable bonds is 5. The standard InChI is InChI=1S/C24H21FN2O4/c1-30-21-10-9-19(14-22(21)31-2)26-23(28)17-4-3-15-11-12-27(20(15)13-17)24(29)16-5-7-18(25)8-6-16/h3-10,13-14H,11-12H2,1-2H3,(H,26,28). The number of ether oxygens (including phenoxy) is 2. The van der Waals surface area contributed by atoms with E-state index in [2.05, 4.69) is 5.32 Å². The van der Waals surface area contributed by atoms with Gasteiger partial charge in [0.15, 0.2) is 11.5 Å². The van der Waals surface area contributed by atoms with Crippen LogP contribution in [0.4, 0.5) is 15.8 Å². The van der Waals surface area contributed by atoms with Crippen LogP contribution < -0.4 is 19.7 Å². The molecule has 0 saturated heterocycles. The number of amides is 2. The number of methoxy groups -OCH3 is 2. The number of hydrogen-bond acceptors (Lipinski definition) is 4. The van der Waals surface area contributed by atoms with E-state index in [0.717, 1.165) is 5.56 Å². The Morgan fingerprint density at radius 2 is 1.61 bits per heavy atom. The summed E-state index contributed by atoms with van der Waals surface area (Å²) in [5.41, 5.74) is 3.05. The van der Waals surface area contributed by atoms with Crippen molar-refractivity contribution in [2.75, 3.05) is 31.0 Å². The lowest BCUT2D eigenvalue weighted by molar-refractivity contribution is 0.0986. The van der Waals surface area contributed by atoms with Crippen molar-refractivity contribution in [1.82, 2.24) is 0 Å². The first-order valence-corrected chi connectivity index (χ1v) is 9.74. The number of hydrogen-bond donors (Lipinski definition) is 1. The Morgan fingerprint density at radius 1 is 0.903 bits per heavy atom. The molecule has 0 atom stereocenters. The van der Waals surface area contributed by atoms with E-state index < -0.39 is 5.82 Å². The lowest BCUT2D eigenvalue weighted by Gasteiger charge is -2.18. The number of halogens is 1. The number of nitrogens with one attached hydrogen (secondary N) is 1. The first-order chi connectivity index (χ1) is 15.0. The van der Waals surface area contributed by atoms with Gasteiger partial charge < -0.3 is 19.7 Å². The fraction of sp³-hybridized carbons (Fsp3) is 0.167. The largest absolute Gasteiger partial charge is 0.493 e. The van der Waals surface area contributed by atoms with Crippen molar-refractivity contribution in [3.63, 3.8) is 0 Å². The molecule has 1 heterocycles. The Morgan fingerprint density at radius 3 is 2.32 bits per heavy atom. The predicted molar refractivity (Wildman–Crippen MR) is 116 cm³/mol. The minimum absolute atomic E-state index is 0.226. The van der Waals surface area contributed by atoms with Gasteiger partial charge in [-0.25, -0.2) is 4.39 Å². The minimum atomic E-state index is -0.396. The van der Waals surface area contributed by atoms with Gasteiger partial charge in [-0.05, 0) is 60.5 Å². The van der Waals surface area contributed by atoms with Crippen LogP contribution in [0.1, 0.15) is 26.3 Å². The number of nitrogens with zero attached hydrogens (tertiary/aromatic N) is 1. The van der Waals surface area contributed by atoms with Gasteiger partial charge in [-0.15, -0.1) is 0 Å². The average Bonchev–Trinajstić information content (AvgIpc) is 3.22. The van der Waals surface area contributed by atoms with Crippen LogP contribution in [0.5, 0.6) is 11.5 Å². The van der Waals surface area contributed by atoms with Gasteiger partial charge >= 0.3 is 0 Å². The molecule has 0 aliphatic carbocycles. The van der Waals surface area contributed by atoms with Crippen molar-refractivity contribution in [3.8, 4) is 11.5 Å². The highest BCUT2D eigenvalue weighted by Crippen LogP contribution is 2.32. The van der Waals surface area contributed by atoms with Crippen molar-refractivity contribution in [2.24, 2.45) is 0 Å². The summed E-state index contributed by atoms with van der Waals surface area (Å²) in [6.45, 7) is 0.506. The predicted octanol–water partition coefficient (Wildman–Crippen LogP) is 4.30. The maximum Gasteiger partial charge on any atom is 0.258 e. The van der Waals surface area contributed by atoms with Gasteiger partial charge in [-0.2, -0.15) is 0 Å². The van der Waals surface area contributed by atoms with Crippen molar-refractivity contribution >= 4 is 23.2 Å². The fourth-order valence-corrected chi connectivity index (χ4v) is 3.60. The van der Waals surface area contributed by atoms with Crippen molar-refractivity contribution in [2.45, 2.75) is 6.42 Å². The normalized spacial score (nSPS) is 12.3. The smallest absolute Gasteiger partial charge is 0.258 e. The average molecular weight is 420 g/mol. The third kappa shape index (κ3) is 4.07. The zero-order valence-electron chi connectivity index (χ0n) is 17.1. The highest BCUT2D eigenvalue weighted by atomic mass is 19.1. The van der Waals surface area contributed by atoms with Gasteiger partial charge in [0.25, 0.3) is 11.8 Å². The van der Waals surface area contributed by atoms with Crippen LogP contribution in [0.15, 0.2) is 60.7 Å². The number of benzene rings is 3. The molecule has 158 valence electrons. The number of fused-ring (bicyclic) bond motifs is 1. The van der Waals surface area contributed by atoms with Crippen LogP contribution in [-0.4, -0.2) is 32.6 Å². The van der Waals surface area contributed by atoms with E-state index >= 15 is 0 Å². The SMILES string of the molecule is COc1ccc(NC(=O)c2ccc3c(c2)N(C(=O)c2ccc(F)cc2)CC3)cc1OC. The molecule has 0 spiro atoms. The molecule has 3 aromatic rings. The Balaban J connectivity index is 1.56. The first-order valence-electron chi connectivity index (χ1n) is 9.74. The molecule has 1 N–H and O–H groups in total. The van der Waals surface area contributed by atoms with Crippen LogP contribution in [0, 0.1) is 5.82 Å². The van der Waals surface area contributed by atoms with Crippen molar-refractivity contribution in [1.29, 1.82) is 0 Å². The van der Waals surface area contributed by atoms with Gasteiger partial charge in [-0.1, -0.05) is 6.07 Å². The molecule has 0 bridgehead atoms. The fourth-order valence-electron chi connectivity index (χ4n) is 3.60. The van der Waals surface area contributed by atoms with Gasteiger partial charge in [0.1, 0.15) is 5.82 Å². The van der Waals surface area contributed by atoms with Gasteiger partial charge in [-0.3, -0.25) is 9.59 Å². The minimum Gasteiger partial charge on any atom is -0.493 e. The molecule has 1 aliphatic heterocycles. The van der Waals surface area contributed by atoms with Crippen molar-refractivity contribution in [3.05, 3.63) is 83.2 Å². The summed E-state index contributed by atoms with van der Waals surface area (Å²) in [5, 5.41) is 2.84. The van der Waals surface area contributed by atoms with E-state index in [1.807, 2.05) is 6.07 Å². The van der Waals surface area contributed by atoms with Gasteiger partial charge in [0.05, 0.1) is 14.2 Å². The Kier molecular flexibility index (Phi) is 5.58. The summed E-state index contributed by atoms with van der Waals surface area (Å²) in [4.78, 5) is 27.3. The maximum absolute atomic E-state index is 13.2. The molecule has 2 amide bonds. The molecule has 1 aliphatic rings. The van der Waals surface area contributed by atoms with Crippen LogP contribution in [0.2, 0.25) is 0 Å². The molecular weight excluding hydrogens is 399 g/mol. The van der Waals surface area contributed by atoms with E-state index in [9.17, 15) is 14.0 Å². The molecule has 3 aromatic carbocycles. The zero-order chi connectivity index (χ0) is 22.0.